The van der Waals surface area contributed by atoms with Crippen molar-refractivity contribution in [1.82, 2.24) is 9.78 Å². The Morgan fingerprint density at radius 1 is 1.30 bits per heavy atom. The molecule has 106 valence electrons. The fraction of sp³-hybridized carbons (Fsp3) is 0.333. The van der Waals surface area contributed by atoms with E-state index in [0.717, 1.165) is 22.8 Å². The van der Waals surface area contributed by atoms with Gasteiger partial charge in [0.2, 0.25) is 0 Å². The highest BCUT2D eigenvalue weighted by Gasteiger charge is 2.09. The lowest BCUT2D eigenvalue weighted by Gasteiger charge is -2.08. The van der Waals surface area contributed by atoms with Gasteiger partial charge in [-0.15, -0.1) is 0 Å². The van der Waals surface area contributed by atoms with Crippen molar-refractivity contribution >= 4 is 11.6 Å². The third-order valence-corrected chi connectivity index (χ3v) is 2.85. The zero-order chi connectivity index (χ0) is 14.5. The van der Waals surface area contributed by atoms with E-state index < -0.39 is 0 Å². The zero-order valence-corrected chi connectivity index (χ0v) is 12.0. The molecule has 2 aromatic rings. The molecule has 0 spiro atoms. The summed E-state index contributed by atoms with van der Waals surface area (Å²) in [6, 6.07) is 9.41. The normalized spacial score (nSPS) is 10.3. The molecule has 0 unspecified atom stereocenters. The van der Waals surface area contributed by atoms with Crippen LogP contribution in [0, 0.1) is 13.8 Å². The Morgan fingerprint density at radius 3 is 2.55 bits per heavy atom. The Kier molecular flexibility index (Phi) is 4.40. The number of benzene rings is 1. The van der Waals surface area contributed by atoms with Crippen molar-refractivity contribution in [2.75, 3.05) is 18.5 Å². The monoisotopic (exact) mass is 273 g/mol. The molecule has 1 aromatic carbocycles. The fourth-order valence-electron chi connectivity index (χ4n) is 1.97. The number of ether oxygens (including phenoxy) is 1. The Hall–Kier alpha value is -2.30. The molecule has 0 aliphatic carbocycles. The van der Waals surface area contributed by atoms with E-state index >= 15 is 0 Å². The molecule has 0 amide bonds. The third kappa shape index (κ3) is 3.38. The van der Waals surface area contributed by atoms with Gasteiger partial charge in [0.05, 0.1) is 18.8 Å². The molecular formula is C15H19N3O2. The molecule has 0 radical (unpaired) electrons. The molecule has 1 heterocycles. The summed E-state index contributed by atoms with van der Waals surface area (Å²) < 4.78 is 6.79. The van der Waals surface area contributed by atoms with Gasteiger partial charge in [-0.2, -0.15) is 5.10 Å². The third-order valence-electron chi connectivity index (χ3n) is 2.85. The molecule has 20 heavy (non-hydrogen) atoms. The van der Waals surface area contributed by atoms with Crippen LogP contribution < -0.4 is 10.1 Å². The second-order valence-corrected chi connectivity index (χ2v) is 4.54. The highest BCUT2D eigenvalue weighted by Crippen LogP contribution is 2.15. The summed E-state index contributed by atoms with van der Waals surface area (Å²) in [5.41, 5.74) is 2.57. The molecule has 5 heteroatoms. The number of aryl methyl sites for hydroxylation is 2. The van der Waals surface area contributed by atoms with Gasteiger partial charge in [-0.05, 0) is 51.1 Å². The Balaban J connectivity index is 1.94. The van der Waals surface area contributed by atoms with Gasteiger partial charge in [0.15, 0.2) is 0 Å². The van der Waals surface area contributed by atoms with Gasteiger partial charge in [-0.3, -0.25) is 4.79 Å². The first-order valence-electron chi connectivity index (χ1n) is 6.63. The molecule has 0 aliphatic rings. The van der Waals surface area contributed by atoms with Crippen LogP contribution >= 0.6 is 0 Å². The maximum Gasteiger partial charge on any atom is 0.266 e. The summed E-state index contributed by atoms with van der Waals surface area (Å²) in [7, 11) is 0. The number of carbonyl (C=O) groups excluding carboxylic acids is 1. The summed E-state index contributed by atoms with van der Waals surface area (Å²) in [6.45, 7) is 6.53. The summed E-state index contributed by atoms with van der Waals surface area (Å²) >= 11 is 0. The predicted octanol–water partition coefficient (Wildman–Crippen LogP) is 2.65. The fourth-order valence-corrected chi connectivity index (χ4v) is 1.97. The Morgan fingerprint density at radius 2 is 2.00 bits per heavy atom. The summed E-state index contributed by atoms with van der Waals surface area (Å²) in [5.74, 6) is 0.743. The number of nitrogens with zero attached hydrogens (tertiary/aromatic N) is 2. The molecular weight excluding hydrogens is 254 g/mol. The Labute approximate surface area is 118 Å². The molecule has 2 rings (SSSR count). The van der Waals surface area contributed by atoms with Crippen molar-refractivity contribution < 1.29 is 9.53 Å². The number of aromatic nitrogens is 2. The molecule has 0 fully saturated rings. The number of hydrogen-bond donors (Lipinski definition) is 1. The second kappa shape index (κ2) is 6.23. The first-order valence-corrected chi connectivity index (χ1v) is 6.63. The molecule has 1 aromatic heterocycles. The maximum atomic E-state index is 12.0. The van der Waals surface area contributed by atoms with Crippen LogP contribution in [-0.2, 0) is 0 Å². The minimum absolute atomic E-state index is 0.0792. The van der Waals surface area contributed by atoms with Crippen molar-refractivity contribution in [3.8, 4) is 5.75 Å². The van der Waals surface area contributed by atoms with E-state index in [9.17, 15) is 4.79 Å². The van der Waals surface area contributed by atoms with Crippen LogP contribution in [0.3, 0.4) is 0 Å². The lowest BCUT2D eigenvalue weighted by Crippen LogP contribution is -2.23. The van der Waals surface area contributed by atoms with E-state index in [1.165, 1.54) is 4.68 Å². The standard InChI is InChI=1S/C15H19N3O2/c1-4-20-14-7-5-13(6-8-14)16-10-15(19)18-12(3)9-11(2)17-18/h5-9,16H,4,10H2,1-3H3. The molecule has 5 nitrogen and oxygen atoms in total. The second-order valence-electron chi connectivity index (χ2n) is 4.54. The van der Waals surface area contributed by atoms with Gasteiger partial charge in [-0.1, -0.05) is 0 Å². The molecule has 0 saturated carbocycles. The van der Waals surface area contributed by atoms with Crippen LogP contribution in [0.1, 0.15) is 23.1 Å². The molecule has 0 bridgehead atoms. The average molecular weight is 273 g/mol. The number of nitrogens with one attached hydrogen (secondary N) is 1. The maximum absolute atomic E-state index is 12.0. The van der Waals surface area contributed by atoms with Gasteiger partial charge in [0.25, 0.3) is 5.91 Å². The first-order chi connectivity index (χ1) is 9.60. The van der Waals surface area contributed by atoms with Gasteiger partial charge in [0, 0.05) is 11.4 Å². The van der Waals surface area contributed by atoms with Crippen LogP contribution in [0.2, 0.25) is 0 Å². The number of carbonyl (C=O) groups is 1. The van der Waals surface area contributed by atoms with Crippen LogP contribution in [-0.4, -0.2) is 28.8 Å². The van der Waals surface area contributed by atoms with Gasteiger partial charge >= 0.3 is 0 Å². The average Bonchev–Trinajstić information content (AvgIpc) is 2.77. The lowest BCUT2D eigenvalue weighted by atomic mass is 10.3. The van der Waals surface area contributed by atoms with Crippen LogP contribution in [0.25, 0.3) is 0 Å². The molecule has 0 saturated heterocycles. The highest BCUT2D eigenvalue weighted by atomic mass is 16.5. The van der Waals surface area contributed by atoms with E-state index in [0.29, 0.717) is 6.61 Å². The smallest absolute Gasteiger partial charge is 0.266 e. The number of rotatable bonds is 5. The van der Waals surface area contributed by atoms with Crippen molar-refractivity contribution in [2.24, 2.45) is 0 Å². The van der Waals surface area contributed by atoms with Crippen molar-refractivity contribution in [1.29, 1.82) is 0 Å². The molecule has 1 N–H and O–H groups in total. The van der Waals surface area contributed by atoms with E-state index in [1.54, 1.807) is 0 Å². The van der Waals surface area contributed by atoms with Crippen molar-refractivity contribution in [3.05, 3.63) is 41.7 Å². The summed E-state index contributed by atoms with van der Waals surface area (Å²) in [5, 5.41) is 7.25. The minimum Gasteiger partial charge on any atom is -0.494 e. The van der Waals surface area contributed by atoms with Crippen molar-refractivity contribution in [2.45, 2.75) is 20.8 Å². The number of anilines is 1. The minimum atomic E-state index is -0.0792. The van der Waals surface area contributed by atoms with Gasteiger partial charge in [-0.25, -0.2) is 4.68 Å². The zero-order valence-electron chi connectivity index (χ0n) is 12.0. The van der Waals surface area contributed by atoms with Crippen LogP contribution in [0.4, 0.5) is 5.69 Å². The van der Waals surface area contributed by atoms with Crippen LogP contribution in [0.5, 0.6) is 5.75 Å². The number of hydrogen-bond acceptors (Lipinski definition) is 4. The van der Waals surface area contributed by atoms with E-state index in [4.69, 9.17) is 4.74 Å². The van der Waals surface area contributed by atoms with Gasteiger partial charge < -0.3 is 10.1 Å². The van der Waals surface area contributed by atoms with E-state index in [2.05, 4.69) is 10.4 Å². The topological polar surface area (TPSA) is 56.1 Å². The molecule has 0 atom stereocenters. The highest BCUT2D eigenvalue weighted by molar-refractivity contribution is 5.83. The van der Waals surface area contributed by atoms with E-state index in [-0.39, 0.29) is 12.5 Å². The van der Waals surface area contributed by atoms with Crippen molar-refractivity contribution in [3.63, 3.8) is 0 Å². The SMILES string of the molecule is CCOc1ccc(NCC(=O)n2nc(C)cc2C)cc1. The van der Waals surface area contributed by atoms with Crippen LogP contribution in [0.15, 0.2) is 30.3 Å². The first kappa shape index (κ1) is 14.1. The van der Waals surface area contributed by atoms with E-state index in [1.807, 2.05) is 51.1 Å². The quantitative estimate of drug-likeness (QED) is 0.910. The summed E-state index contributed by atoms with van der Waals surface area (Å²) in [6.07, 6.45) is 0. The summed E-state index contributed by atoms with van der Waals surface area (Å²) in [4.78, 5) is 12.0. The Bertz CT molecular complexity index is 588. The molecule has 0 aliphatic heterocycles. The predicted molar refractivity (Wildman–Crippen MR) is 78.4 cm³/mol. The lowest BCUT2D eigenvalue weighted by molar-refractivity contribution is 0.0910. The largest absolute Gasteiger partial charge is 0.494 e. The van der Waals surface area contributed by atoms with Gasteiger partial charge in [0.1, 0.15) is 5.75 Å².